The molecule has 15 heavy (non-hydrogen) atoms. The Morgan fingerprint density at radius 1 is 1.60 bits per heavy atom. The lowest BCUT2D eigenvalue weighted by atomic mass is 10.1. The standard InChI is InChI=1S/C11H13NO3/c1-7(13)6-15-9-3-2-8-4-11(14)12-10(8)5-9/h2-3,5,7,13H,4,6H2,1H3,(H,12,14). The van der Waals surface area contributed by atoms with Crippen LogP contribution in [0.25, 0.3) is 0 Å². The number of rotatable bonds is 3. The number of carbonyl (C=O) groups excluding carboxylic acids is 1. The fourth-order valence-corrected chi connectivity index (χ4v) is 1.50. The number of hydrogen-bond acceptors (Lipinski definition) is 3. The lowest BCUT2D eigenvalue weighted by Gasteiger charge is -2.09. The Kier molecular flexibility index (Phi) is 2.60. The van der Waals surface area contributed by atoms with Gasteiger partial charge in [0.25, 0.3) is 0 Å². The van der Waals surface area contributed by atoms with Crippen molar-refractivity contribution in [2.24, 2.45) is 0 Å². The van der Waals surface area contributed by atoms with Gasteiger partial charge in [-0.3, -0.25) is 4.79 Å². The first-order valence-electron chi connectivity index (χ1n) is 4.89. The highest BCUT2D eigenvalue weighted by Crippen LogP contribution is 2.27. The molecule has 2 rings (SSSR count). The highest BCUT2D eigenvalue weighted by atomic mass is 16.5. The third-order valence-electron chi connectivity index (χ3n) is 2.20. The van der Waals surface area contributed by atoms with Crippen LogP contribution in [0.1, 0.15) is 12.5 Å². The molecule has 1 amide bonds. The van der Waals surface area contributed by atoms with E-state index in [0.717, 1.165) is 11.3 Å². The first-order valence-corrected chi connectivity index (χ1v) is 4.89. The molecule has 1 aromatic carbocycles. The molecule has 1 aliphatic rings. The maximum Gasteiger partial charge on any atom is 0.228 e. The number of fused-ring (bicyclic) bond motifs is 1. The van der Waals surface area contributed by atoms with Crippen molar-refractivity contribution in [1.29, 1.82) is 0 Å². The molecular formula is C11H13NO3. The number of hydrogen-bond donors (Lipinski definition) is 2. The number of nitrogens with one attached hydrogen (secondary N) is 1. The van der Waals surface area contributed by atoms with E-state index in [4.69, 9.17) is 9.84 Å². The molecular weight excluding hydrogens is 194 g/mol. The number of aliphatic hydroxyl groups is 1. The molecule has 1 heterocycles. The fraction of sp³-hybridized carbons (Fsp3) is 0.364. The summed E-state index contributed by atoms with van der Waals surface area (Å²) in [5.41, 5.74) is 1.80. The second-order valence-electron chi connectivity index (χ2n) is 3.70. The smallest absolute Gasteiger partial charge is 0.228 e. The molecule has 0 aliphatic carbocycles. The van der Waals surface area contributed by atoms with Gasteiger partial charge in [0.1, 0.15) is 12.4 Å². The summed E-state index contributed by atoms with van der Waals surface area (Å²) in [6.45, 7) is 1.92. The zero-order chi connectivity index (χ0) is 10.8. The molecule has 0 spiro atoms. The molecule has 0 fully saturated rings. The lowest BCUT2D eigenvalue weighted by molar-refractivity contribution is -0.115. The van der Waals surface area contributed by atoms with Crippen molar-refractivity contribution in [2.75, 3.05) is 11.9 Å². The lowest BCUT2D eigenvalue weighted by Crippen LogP contribution is -2.12. The minimum absolute atomic E-state index is 0.0117. The maximum absolute atomic E-state index is 11.1. The van der Waals surface area contributed by atoms with Gasteiger partial charge in [-0.1, -0.05) is 6.07 Å². The highest BCUT2D eigenvalue weighted by Gasteiger charge is 2.17. The maximum atomic E-state index is 11.1. The van der Waals surface area contributed by atoms with E-state index in [2.05, 4.69) is 5.32 Å². The van der Waals surface area contributed by atoms with Crippen LogP contribution in [0.5, 0.6) is 5.75 Å². The molecule has 1 aromatic rings. The molecule has 4 nitrogen and oxygen atoms in total. The third-order valence-corrected chi connectivity index (χ3v) is 2.20. The van der Waals surface area contributed by atoms with Crippen molar-refractivity contribution < 1.29 is 14.6 Å². The Hall–Kier alpha value is -1.55. The molecule has 1 aliphatic heterocycles. The second kappa shape index (κ2) is 3.90. The van der Waals surface area contributed by atoms with Crippen molar-refractivity contribution in [1.82, 2.24) is 0 Å². The van der Waals surface area contributed by atoms with Crippen LogP contribution in [0.4, 0.5) is 5.69 Å². The third kappa shape index (κ3) is 2.27. The van der Waals surface area contributed by atoms with E-state index >= 15 is 0 Å². The Balaban J connectivity index is 2.09. The van der Waals surface area contributed by atoms with E-state index in [0.29, 0.717) is 12.2 Å². The average molecular weight is 207 g/mol. The number of carbonyl (C=O) groups is 1. The van der Waals surface area contributed by atoms with Gasteiger partial charge < -0.3 is 15.2 Å². The van der Waals surface area contributed by atoms with Gasteiger partial charge in [0, 0.05) is 11.8 Å². The summed E-state index contributed by atoms with van der Waals surface area (Å²) in [6.07, 6.45) is -0.0562. The van der Waals surface area contributed by atoms with E-state index in [9.17, 15) is 4.79 Å². The molecule has 0 radical (unpaired) electrons. The topological polar surface area (TPSA) is 58.6 Å². The summed E-state index contributed by atoms with van der Waals surface area (Å²) in [5.74, 6) is 0.675. The Morgan fingerprint density at radius 3 is 3.13 bits per heavy atom. The molecule has 1 unspecified atom stereocenters. The Labute approximate surface area is 87.9 Å². The van der Waals surface area contributed by atoms with Crippen LogP contribution in [-0.4, -0.2) is 23.7 Å². The van der Waals surface area contributed by atoms with E-state index in [1.54, 1.807) is 13.0 Å². The predicted molar refractivity (Wildman–Crippen MR) is 56.0 cm³/mol. The van der Waals surface area contributed by atoms with Gasteiger partial charge in [-0.2, -0.15) is 0 Å². The monoisotopic (exact) mass is 207 g/mol. The Bertz CT molecular complexity index is 387. The minimum Gasteiger partial charge on any atom is -0.491 e. The predicted octanol–water partition coefficient (Wildman–Crippen LogP) is 0.941. The number of ether oxygens (including phenoxy) is 1. The summed E-state index contributed by atoms with van der Waals surface area (Å²) >= 11 is 0. The number of benzene rings is 1. The van der Waals surface area contributed by atoms with Gasteiger partial charge in [0.2, 0.25) is 5.91 Å². The van der Waals surface area contributed by atoms with Crippen molar-refractivity contribution in [3.8, 4) is 5.75 Å². The normalized spacial score (nSPS) is 15.7. The number of aliphatic hydroxyl groups excluding tert-OH is 1. The van der Waals surface area contributed by atoms with Crippen molar-refractivity contribution in [3.63, 3.8) is 0 Å². The van der Waals surface area contributed by atoms with E-state index in [-0.39, 0.29) is 12.5 Å². The number of amides is 1. The van der Waals surface area contributed by atoms with Gasteiger partial charge in [0.15, 0.2) is 0 Å². The van der Waals surface area contributed by atoms with Gasteiger partial charge in [-0.05, 0) is 18.6 Å². The molecule has 0 aromatic heterocycles. The van der Waals surface area contributed by atoms with Crippen molar-refractivity contribution >= 4 is 11.6 Å². The quantitative estimate of drug-likeness (QED) is 0.775. The molecule has 1 atom stereocenters. The first kappa shape index (κ1) is 9.98. The van der Waals surface area contributed by atoms with E-state index in [1.807, 2.05) is 12.1 Å². The highest BCUT2D eigenvalue weighted by molar-refractivity contribution is 5.99. The SMILES string of the molecule is CC(O)COc1ccc2c(c1)NC(=O)C2. The van der Waals surface area contributed by atoms with Crippen LogP contribution in [0.15, 0.2) is 18.2 Å². The largest absolute Gasteiger partial charge is 0.491 e. The zero-order valence-corrected chi connectivity index (χ0v) is 8.49. The van der Waals surface area contributed by atoms with Crippen LogP contribution in [0, 0.1) is 0 Å². The summed E-state index contributed by atoms with van der Waals surface area (Å²) in [5, 5.41) is 11.8. The summed E-state index contributed by atoms with van der Waals surface area (Å²) in [7, 11) is 0. The summed E-state index contributed by atoms with van der Waals surface area (Å²) in [6, 6.07) is 5.45. The molecule has 80 valence electrons. The second-order valence-corrected chi connectivity index (χ2v) is 3.70. The average Bonchev–Trinajstić information content (AvgIpc) is 2.53. The van der Waals surface area contributed by atoms with E-state index in [1.165, 1.54) is 0 Å². The summed E-state index contributed by atoms with van der Waals surface area (Å²) < 4.78 is 5.33. The van der Waals surface area contributed by atoms with Crippen LogP contribution < -0.4 is 10.1 Å². The fourth-order valence-electron chi connectivity index (χ4n) is 1.50. The van der Waals surface area contributed by atoms with Crippen LogP contribution >= 0.6 is 0 Å². The molecule has 0 saturated heterocycles. The number of anilines is 1. The van der Waals surface area contributed by atoms with Gasteiger partial charge in [0.05, 0.1) is 12.5 Å². The summed E-state index contributed by atoms with van der Waals surface area (Å²) in [4.78, 5) is 11.1. The van der Waals surface area contributed by atoms with Crippen LogP contribution in [-0.2, 0) is 11.2 Å². The molecule has 0 saturated carbocycles. The van der Waals surface area contributed by atoms with Crippen LogP contribution in [0.3, 0.4) is 0 Å². The van der Waals surface area contributed by atoms with Crippen molar-refractivity contribution in [3.05, 3.63) is 23.8 Å². The van der Waals surface area contributed by atoms with Gasteiger partial charge in [-0.25, -0.2) is 0 Å². The van der Waals surface area contributed by atoms with Gasteiger partial charge >= 0.3 is 0 Å². The molecule has 2 N–H and O–H groups in total. The molecule has 4 heteroatoms. The zero-order valence-electron chi connectivity index (χ0n) is 8.49. The molecule has 0 bridgehead atoms. The van der Waals surface area contributed by atoms with Crippen molar-refractivity contribution in [2.45, 2.75) is 19.4 Å². The first-order chi connectivity index (χ1) is 7.15. The van der Waals surface area contributed by atoms with Crippen LogP contribution in [0.2, 0.25) is 0 Å². The van der Waals surface area contributed by atoms with Gasteiger partial charge in [-0.15, -0.1) is 0 Å². The van der Waals surface area contributed by atoms with E-state index < -0.39 is 6.10 Å². The Morgan fingerprint density at radius 2 is 2.40 bits per heavy atom. The minimum atomic E-state index is -0.493.